The summed E-state index contributed by atoms with van der Waals surface area (Å²) in [6.45, 7) is 0.625. The van der Waals surface area contributed by atoms with Crippen LogP contribution in [0.1, 0.15) is 19.3 Å². The third kappa shape index (κ3) is 2.06. The first-order valence-electron chi connectivity index (χ1n) is 5.37. The summed E-state index contributed by atoms with van der Waals surface area (Å²) in [5, 5.41) is 2.55. The van der Waals surface area contributed by atoms with Crippen molar-refractivity contribution in [3.05, 3.63) is 0 Å². The minimum atomic E-state index is -2.57. The number of piperidine rings is 1. The molecule has 14 heavy (non-hydrogen) atoms. The lowest BCUT2D eigenvalue weighted by atomic mass is 10.1. The van der Waals surface area contributed by atoms with Crippen molar-refractivity contribution in [2.24, 2.45) is 5.92 Å². The molecule has 2 nitrogen and oxygen atoms in total. The molecule has 1 saturated carbocycles. The van der Waals surface area contributed by atoms with Crippen LogP contribution in [0.5, 0.6) is 0 Å². The van der Waals surface area contributed by atoms with E-state index in [2.05, 4.69) is 5.32 Å². The molecule has 1 heterocycles. The van der Waals surface area contributed by atoms with E-state index in [0.29, 0.717) is 12.0 Å². The Morgan fingerprint density at radius 3 is 2.71 bits per heavy atom. The van der Waals surface area contributed by atoms with Crippen LogP contribution in [0.15, 0.2) is 0 Å². The summed E-state index contributed by atoms with van der Waals surface area (Å²) in [6, 6.07) is 0.447. The highest BCUT2D eigenvalue weighted by atomic mass is 19.3. The van der Waals surface area contributed by atoms with Gasteiger partial charge in [-0.1, -0.05) is 0 Å². The second kappa shape index (κ2) is 3.74. The molecule has 1 saturated heterocycles. The van der Waals surface area contributed by atoms with E-state index in [1.54, 1.807) is 7.05 Å². The Balaban J connectivity index is 1.86. The largest absolute Gasteiger partial charge is 0.314 e. The minimum Gasteiger partial charge on any atom is -0.314 e. The smallest absolute Gasteiger partial charge is 0.272 e. The van der Waals surface area contributed by atoms with Crippen molar-refractivity contribution in [1.82, 2.24) is 10.2 Å². The second-order valence-corrected chi connectivity index (χ2v) is 4.65. The molecule has 4 heteroatoms. The van der Waals surface area contributed by atoms with Gasteiger partial charge >= 0.3 is 0 Å². The van der Waals surface area contributed by atoms with Crippen LogP contribution in [0.2, 0.25) is 0 Å². The van der Waals surface area contributed by atoms with Gasteiger partial charge in [-0.3, -0.25) is 4.90 Å². The van der Waals surface area contributed by atoms with Gasteiger partial charge in [0.1, 0.15) is 0 Å². The Morgan fingerprint density at radius 2 is 2.21 bits per heavy atom. The van der Waals surface area contributed by atoms with E-state index < -0.39 is 5.92 Å². The van der Waals surface area contributed by atoms with Crippen LogP contribution in [0, 0.1) is 5.92 Å². The van der Waals surface area contributed by atoms with Gasteiger partial charge in [0.2, 0.25) is 0 Å². The summed E-state index contributed by atoms with van der Waals surface area (Å²) < 4.78 is 26.6. The van der Waals surface area contributed by atoms with Crippen molar-refractivity contribution in [2.75, 3.05) is 26.7 Å². The molecule has 2 fully saturated rings. The van der Waals surface area contributed by atoms with Crippen molar-refractivity contribution < 1.29 is 8.78 Å². The number of likely N-dealkylation sites (tertiary alicyclic amines) is 1. The Hall–Kier alpha value is -0.220. The Kier molecular flexibility index (Phi) is 2.75. The number of fused-ring (bicyclic) bond motifs is 2. The van der Waals surface area contributed by atoms with E-state index in [0.717, 1.165) is 19.4 Å². The second-order valence-electron chi connectivity index (χ2n) is 4.65. The fraction of sp³-hybridized carbons (Fsp3) is 1.00. The molecule has 2 unspecified atom stereocenters. The molecule has 2 bridgehead atoms. The monoisotopic (exact) mass is 204 g/mol. The summed E-state index contributed by atoms with van der Waals surface area (Å²) in [6.07, 6.45) is 3.52. The van der Waals surface area contributed by atoms with E-state index in [1.807, 2.05) is 4.90 Å². The molecule has 1 aliphatic heterocycles. The summed E-state index contributed by atoms with van der Waals surface area (Å²) in [5.41, 5.74) is 0. The third-order valence-electron chi connectivity index (χ3n) is 3.39. The molecule has 82 valence electrons. The van der Waals surface area contributed by atoms with E-state index >= 15 is 0 Å². The van der Waals surface area contributed by atoms with Gasteiger partial charge in [-0.05, 0) is 32.2 Å². The highest BCUT2D eigenvalue weighted by molar-refractivity contribution is 4.94. The zero-order valence-corrected chi connectivity index (χ0v) is 8.60. The van der Waals surface area contributed by atoms with Crippen molar-refractivity contribution in [2.45, 2.75) is 31.2 Å². The van der Waals surface area contributed by atoms with E-state index in [1.165, 1.54) is 6.42 Å². The van der Waals surface area contributed by atoms with Crippen LogP contribution in [-0.2, 0) is 0 Å². The molecule has 0 aromatic rings. The van der Waals surface area contributed by atoms with Gasteiger partial charge in [0.15, 0.2) is 0 Å². The SMILES string of the molecule is CNCC(F)(F)CN1CC2CCC1C2. The molecule has 0 aromatic heterocycles. The van der Waals surface area contributed by atoms with Crippen molar-refractivity contribution in [1.29, 1.82) is 0 Å². The van der Waals surface area contributed by atoms with Gasteiger partial charge in [-0.2, -0.15) is 0 Å². The lowest BCUT2D eigenvalue weighted by Gasteiger charge is -2.30. The van der Waals surface area contributed by atoms with Crippen LogP contribution >= 0.6 is 0 Å². The average molecular weight is 204 g/mol. The van der Waals surface area contributed by atoms with Gasteiger partial charge in [-0.15, -0.1) is 0 Å². The van der Waals surface area contributed by atoms with Gasteiger partial charge in [0.25, 0.3) is 5.92 Å². The van der Waals surface area contributed by atoms with Gasteiger partial charge < -0.3 is 5.32 Å². The first kappa shape index (κ1) is 10.3. The van der Waals surface area contributed by atoms with Crippen LogP contribution < -0.4 is 5.32 Å². The maximum atomic E-state index is 13.3. The predicted molar refractivity (Wildman–Crippen MR) is 51.6 cm³/mol. The molecule has 1 N–H and O–H groups in total. The summed E-state index contributed by atoms with van der Waals surface area (Å²) >= 11 is 0. The zero-order valence-electron chi connectivity index (χ0n) is 8.60. The van der Waals surface area contributed by atoms with E-state index in [9.17, 15) is 8.78 Å². The zero-order chi connectivity index (χ0) is 10.2. The van der Waals surface area contributed by atoms with Crippen LogP contribution in [-0.4, -0.2) is 43.5 Å². The quantitative estimate of drug-likeness (QED) is 0.743. The lowest BCUT2D eigenvalue weighted by Crippen LogP contribution is -2.45. The number of hydrogen-bond donors (Lipinski definition) is 1. The number of halogens is 2. The lowest BCUT2D eigenvalue weighted by molar-refractivity contribution is -0.0359. The van der Waals surface area contributed by atoms with Crippen molar-refractivity contribution >= 4 is 0 Å². The summed E-state index contributed by atoms with van der Waals surface area (Å²) in [4.78, 5) is 1.98. The first-order chi connectivity index (χ1) is 6.61. The molecule has 2 atom stereocenters. The van der Waals surface area contributed by atoms with Crippen LogP contribution in [0.3, 0.4) is 0 Å². The average Bonchev–Trinajstić information content (AvgIpc) is 2.63. The van der Waals surface area contributed by atoms with E-state index in [-0.39, 0.29) is 13.1 Å². The molecule has 0 amide bonds. The van der Waals surface area contributed by atoms with E-state index in [4.69, 9.17) is 0 Å². The number of alkyl halides is 2. The van der Waals surface area contributed by atoms with Crippen molar-refractivity contribution in [3.8, 4) is 0 Å². The fourth-order valence-electron chi connectivity index (χ4n) is 2.83. The van der Waals surface area contributed by atoms with Gasteiger partial charge in [0, 0.05) is 12.6 Å². The highest BCUT2D eigenvalue weighted by Gasteiger charge is 2.42. The molecule has 0 radical (unpaired) electrons. The standard InChI is InChI=1S/C10H18F2N2/c1-13-6-10(11,12)7-14-5-8-2-3-9(14)4-8/h8-9,13H,2-7H2,1H3. The molecular weight excluding hydrogens is 186 g/mol. The number of nitrogens with zero attached hydrogens (tertiary/aromatic N) is 1. The molecular formula is C10H18F2N2. The normalized spacial score (nSPS) is 32.8. The van der Waals surface area contributed by atoms with Gasteiger partial charge in [-0.25, -0.2) is 8.78 Å². The predicted octanol–water partition coefficient (Wildman–Crippen LogP) is 1.33. The third-order valence-corrected chi connectivity index (χ3v) is 3.39. The Labute approximate surface area is 83.7 Å². The number of nitrogens with one attached hydrogen (secondary N) is 1. The maximum absolute atomic E-state index is 13.3. The topological polar surface area (TPSA) is 15.3 Å². The first-order valence-corrected chi connectivity index (χ1v) is 5.37. The fourth-order valence-corrected chi connectivity index (χ4v) is 2.83. The van der Waals surface area contributed by atoms with Crippen LogP contribution in [0.25, 0.3) is 0 Å². The summed E-state index contributed by atoms with van der Waals surface area (Å²) in [7, 11) is 1.57. The number of hydrogen-bond acceptors (Lipinski definition) is 2. The molecule has 0 spiro atoms. The van der Waals surface area contributed by atoms with Crippen molar-refractivity contribution in [3.63, 3.8) is 0 Å². The molecule has 0 aromatic carbocycles. The Morgan fingerprint density at radius 1 is 1.43 bits per heavy atom. The molecule has 1 aliphatic carbocycles. The highest BCUT2D eigenvalue weighted by Crippen LogP contribution is 2.38. The summed E-state index contributed by atoms with van der Waals surface area (Å²) in [5.74, 6) is -1.87. The van der Waals surface area contributed by atoms with Gasteiger partial charge in [0.05, 0.1) is 13.1 Å². The minimum absolute atomic E-state index is 0.0605. The Bertz CT molecular complexity index is 208. The molecule has 2 rings (SSSR count). The molecule has 2 aliphatic rings. The maximum Gasteiger partial charge on any atom is 0.272 e. The van der Waals surface area contributed by atoms with Crippen LogP contribution in [0.4, 0.5) is 8.78 Å². The number of rotatable bonds is 4.